The maximum Gasteiger partial charge on any atom is 0.119 e. The normalized spacial score (nSPS) is 10.8. The predicted molar refractivity (Wildman–Crippen MR) is 81.4 cm³/mol. The number of ether oxygens (including phenoxy) is 1. The van der Waals surface area contributed by atoms with E-state index in [2.05, 4.69) is 30.3 Å². The van der Waals surface area contributed by atoms with Crippen LogP contribution < -0.4 is 4.74 Å². The predicted octanol–water partition coefficient (Wildman–Crippen LogP) is 4.67. The molecule has 0 aliphatic carbocycles. The van der Waals surface area contributed by atoms with Crippen LogP contribution in [0, 0.1) is 16.7 Å². The Bertz CT molecular complexity index is 579. The van der Waals surface area contributed by atoms with Gasteiger partial charge in [0, 0.05) is 0 Å². The summed E-state index contributed by atoms with van der Waals surface area (Å²) < 4.78 is 5.68. The van der Waals surface area contributed by atoms with E-state index in [-0.39, 0.29) is 5.41 Å². The molecule has 102 valence electrons. The molecule has 0 saturated carbocycles. The third-order valence-electron chi connectivity index (χ3n) is 3.26. The molecule has 0 heterocycles. The molecule has 2 aromatic carbocycles. The van der Waals surface area contributed by atoms with Crippen molar-refractivity contribution in [1.29, 1.82) is 5.26 Å². The van der Waals surface area contributed by atoms with Crippen molar-refractivity contribution in [3.63, 3.8) is 0 Å². The van der Waals surface area contributed by atoms with Crippen LogP contribution >= 0.6 is 0 Å². The Morgan fingerprint density at radius 2 is 1.55 bits per heavy atom. The van der Waals surface area contributed by atoms with Crippen LogP contribution in [0.2, 0.25) is 0 Å². The van der Waals surface area contributed by atoms with Crippen LogP contribution in [0.5, 0.6) is 5.75 Å². The smallest absolute Gasteiger partial charge is 0.119 e. The van der Waals surface area contributed by atoms with Crippen LogP contribution in [-0.2, 0) is 0 Å². The van der Waals surface area contributed by atoms with Crippen LogP contribution in [0.15, 0.2) is 54.6 Å². The highest BCUT2D eigenvalue weighted by Crippen LogP contribution is 2.23. The van der Waals surface area contributed by atoms with E-state index < -0.39 is 0 Å². The highest BCUT2D eigenvalue weighted by Gasteiger charge is 2.16. The third kappa shape index (κ3) is 3.86. The molecule has 2 nitrogen and oxygen atoms in total. The van der Waals surface area contributed by atoms with E-state index in [1.54, 1.807) is 0 Å². The Morgan fingerprint density at radius 3 is 2.15 bits per heavy atom. The first-order chi connectivity index (χ1) is 9.61. The fourth-order valence-electron chi connectivity index (χ4n) is 1.85. The highest BCUT2D eigenvalue weighted by molar-refractivity contribution is 5.63. The highest BCUT2D eigenvalue weighted by atomic mass is 16.5. The molecule has 0 aliphatic heterocycles. The number of nitrogens with zero attached hydrogens (tertiary/aromatic N) is 1. The van der Waals surface area contributed by atoms with Gasteiger partial charge < -0.3 is 4.74 Å². The van der Waals surface area contributed by atoms with Gasteiger partial charge in [-0.05, 0) is 43.5 Å². The van der Waals surface area contributed by atoms with Gasteiger partial charge in [0.15, 0.2) is 0 Å². The summed E-state index contributed by atoms with van der Waals surface area (Å²) in [6.07, 6.45) is 0.726. The second-order valence-electron chi connectivity index (χ2n) is 5.48. The number of benzene rings is 2. The molecule has 0 unspecified atom stereocenters. The molecule has 0 aromatic heterocycles. The van der Waals surface area contributed by atoms with Crippen molar-refractivity contribution in [3.8, 4) is 22.9 Å². The van der Waals surface area contributed by atoms with Crippen molar-refractivity contribution in [3.05, 3.63) is 54.6 Å². The molecule has 20 heavy (non-hydrogen) atoms. The van der Waals surface area contributed by atoms with Crippen LogP contribution in [0.25, 0.3) is 11.1 Å². The van der Waals surface area contributed by atoms with Gasteiger partial charge in [0.1, 0.15) is 5.75 Å². The summed E-state index contributed by atoms with van der Waals surface area (Å²) in [7, 11) is 0. The zero-order chi connectivity index (χ0) is 14.4. The van der Waals surface area contributed by atoms with Gasteiger partial charge in [0.2, 0.25) is 0 Å². The fraction of sp³-hybridized carbons (Fsp3) is 0.278. The Hall–Kier alpha value is -2.27. The topological polar surface area (TPSA) is 33.0 Å². The largest absolute Gasteiger partial charge is 0.494 e. The zero-order valence-corrected chi connectivity index (χ0v) is 12.0. The molecule has 0 fully saturated rings. The van der Waals surface area contributed by atoms with Gasteiger partial charge in [-0.15, -0.1) is 0 Å². The molecule has 0 spiro atoms. The zero-order valence-electron chi connectivity index (χ0n) is 12.0. The van der Waals surface area contributed by atoms with Gasteiger partial charge in [-0.25, -0.2) is 0 Å². The molecule has 0 atom stereocenters. The number of hydrogen-bond donors (Lipinski definition) is 0. The minimum atomic E-state index is -0.329. The summed E-state index contributed by atoms with van der Waals surface area (Å²) in [5.41, 5.74) is 2.05. The lowest BCUT2D eigenvalue weighted by Crippen LogP contribution is -2.13. The van der Waals surface area contributed by atoms with Crippen LogP contribution in [0.3, 0.4) is 0 Å². The van der Waals surface area contributed by atoms with E-state index in [0.29, 0.717) is 6.61 Å². The molecule has 0 N–H and O–H groups in total. The summed E-state index contributed by atoms with van der Waals surface area (Å²) in [6, 6.07) is 20.6. The molecule has 2 rings (SSSR count). The number of nitriles is 1. The summed E-state index contributed by atoms with van der Waals surface area (Å²) >= 11 is 0. The fourth-order valence-corrected chi connectivity index (χ4v) is 1.85. The lowest BCUT2D eigenvalue weighted by atomic mass is 9.92. The minimum Gasteiger partial charge on any atom is -0.494 e. The first-order valence-electron chi connectivity index (χ1n) is 6.80. The van der Waals surface area contributed by atoms with Gasteiger partial charge in [-0.2, -0.15) is 5.26 Å². The Labute approximate surface area is 120 Å². The average molecular weight is 265 g/mol. The van der Waals surface area contributed by atoms with Gasteiger partial charge >= 0.3 is 0 Å². The van der Waals surface area contributed by atoms with Gasteiger partial charge in [-0.3, -0.25) is 0 Å². The molecule has 2 heteroatoms. The molecule has 0 bridgehead atoms. The second-order valence-corrected chi connectivity index (χ2v) is 5.48. The first kappa shape index (κ1) is 14.1. The van der Waals surface area contributed by atoms with Crippen LogP contribution in [-0.4, -0.2) is 6.61 Å². The Morgan fingerprint density at radius 1 is 0.950 bits per heavy atom. The SMILES string of the molecule is CC(C)(C#N)CCOc1ccc(-c2ccccc2)cc1. The van der Waals surface area contributed by atoms with Crippen molar-refractivity contribution >= 4 is 0 Å². The Balaban J connectivity index is 1.95. The summed E-state index contributed by atoms with van der Waals surface area (Å²) in [6.45, 7) is 4.41. The lowest BCUT2D eigenvalue weighted by molar-refractivity contribution is 0.264. The summed E-state index contributed by atoms with van der Waals surface area (Å²) in [5.74, 6) is 0.846. The quantitative estimate of drug-likeness (QED) is 0.786. The van der Waals surface area contributed by atoms with Crippen molar-refractivity contribution < 1.29 is 4.74 Å². The number of hydrogen-bond acceptors (Lipinski definition) is 2. The lowest BCUT2D eigenvalue weighted by Gasteiger charge is -2.15. The molecular weight excluding hydrogens is 246 g/mol. The summed E-state index contributed by atoms with van der Waals surface area (Å²) in [4.78, 5) is 0. The van der Waals surface area contributed by atoms with Crippen molar-refractivity contribution in [1.82, 2.24) is 0 Å². The first-order valence-corrected chi connectivity index (χ1v) is 6.80. The van der Waals surface area contributed by atoms with E-state index in [0.717, 1.165) is 12.2 Å². The molecule has 2 aromatic rings. The second kappa shape index (κ2) is 6.25. The maximum atomic E-state index is 8.95. The van der Waals surface area contributed by atoms with Crippen LogP contribution in [0.1, 0.15) is 20.3 Å². The minimum absolute atomic E-state index is 0.329. The third-order valence-corrected chi connectivity index (χ3v) is 3.26. The van der Waals surface area contributed by atoms with E-state index in [1.165, 1.54) is 11.1 Å². The Kier molecular flexibility index (Phi) is 4.42. The van der Waals surface area contributed by atoms with E-state index in [4.69, 9.17) is 10.00 Å². The molecule has 0 aliphatic rings. The molecule has 0 amide bonds. The van der Waals surface area contributed by atoms with E-state index in [9.17, 15) is 0 Å². The average Bonchev–Trinajstić information content (AvgIpc) is 2.49. The van der Waals surface area contributed by atoms with E-state index in [1.807, 2.05) is 44.2 Å². The number of rotatable bonds is 5. The standard InChI is InChI=1S/C18H19NO/c1-18(2,14-19)12-13-20-17-10-8-16(9-11-17)15-6-4-3-5-7-15/h3-11H,12-13H2,1-2H3. The molecule has 0 saturated heterocycles. The van der Waals surface area contributed by atoms with Gasteiger partial charge in [0.05, 0.1) is 18.1 Å². The van der Waals surface area contributed by atoms with Crippen molar-refractivity contribution in [2.45, 2.75) is 20.3 Å². The van der Waals surface area contributed by atoms with E-state index >= 15 is 0 Å². The monoisotopic (exact) mass is 265 g/mol. The van der Waals surface area contributed by atoms with Crippen molar-refractivity contribution in [2.75, 3.05) is 6.61 Å². The molecule has 0 radical (unpaired) electrons. The molecular formula is C18H19NO. The van der Waals surface area contributed by atoms with Gasteiger partial charge in [-0.1, -0.05) is 42.5 Å². The summed E-state index contributed by atoms with van der Waals surface area (Å²) in [5, 5.41) is 8.95. The van der Waals surface area contributed by atoms with Crippen molar-refractivity contribution in [2.24, 2.45) is 5.41 Å². The maximum absolute atomic E-state index is 8.95. The van der Waals surface area contributed by atoms with Crippen LogP contribution in [0.4, 0.5) is 0 Å². The van der Waals surface area contributed by atoms with Gasteiger partial charge in [0.25, 0.3) is 0 Å².